The van der Waals surface area contributed by atoms with E-state index in [1.165, 1.54) is 6.08 Å². The summed E-state index contributed by atoms with van der Waals surface area (Å²) in [5, 5.41) is -0.420. The molecule has 0 radical (unpaired) electrons. The van der Waals surface area contributed by atoms with Gasteiger partial charge in [-0.1, -0.05) is 6.08 Å². The number of hydrogen-bond acceptors (Lipinski definition) is 3. The highest BCUT2D eigenvalue weighted by Gasteiger charge is 2.18. The van der Waals surface area contributed by atoms with Crippen molar-refractivity contribution in [1.82, 2.24) is 4.90 Å². The zero-order valence-electron chi connectivity index (χ0n) is 7.70. The highest BCUT2D eigenvalue weighted by atomic mass is 35.5. The third-order valence-corrected chi connectivity index (χ3v) is 2.30. The molecular weight excluding hydrogens is 190 g/mol. The van der Waals surface area contributed by atoms with E-state index in [1.807, 2.05) is 7.05 Å². The molecule has 0 N–H and O–H groups in total. The molecule has 1 aliphatic heterocycles. The van der Waals surface area contributed by atoms with E-state index in [-0.39, 0.29) is 0 Å². The maximum absolute atomic E-state index is 10.4. The largest absolute Gasteiger partial charge is 0.380 e. The van der Waals surface area contributed by atoms with Gasteiger partial charge in [0.25, 0.3) is 0 Å². The Morgan fingerprint density at radius 3 is 3.08 bits per heavy atom. The third kappa shape index (κ3) is 3.89. The Kier molecular flexibility index (Phi) is 4.42. The van der Waals surface area contributed by atoms with Crippen LogP contribution in [-0.2, 0) is 9.53 Å². The lowest BCUT2D eigenvalue weighted by Gasteiger charge is -2.20. The van der Waals surface area contributed by atoms with Crippen LogP contribution in [0, 0.1) is 0 Å². The van der Waals surface area contributed by atoms with Gasteiger partial charge in [0.15, 0.2) is 0 Å². The fourth-order valence-corrected chi connectivity index (χ4v) is 1.42. The summed E-state index contributed by atoms with van der Waals surface area (Å²) < 4.78 is 5.25. The standard InChI is InChI=1S/C9H14ClNO2/c1-11(5-2-3-9(10)12)8-4-6-13-7-8/h2-3,8H,4-7H2,1H3/b3-2+/t8-/m0/s1. The molecule has 74 valence electrons. The predicted molar refractivity (Wildman–Crippen MR) is 51.9 cm³/mol. The lowest BCUT2D eigenvalue weighted by atomic mass is 10.2. The molecule has 0 spiro atoms. The summed E-state index contributed by atoms with van der Waals surface area (Å²) >= 11 is 5.15. The van der Waals surface area contributed by atoms with Crippen LogP contribution in [0.2, 0.25) is 0 Å². The molecule has 0 aromatic heterocycles. The van der Waals surface area contributed by atoms with Crippen LogP contribution in [0.15, 0.2) is 12.2 Å². The maximum Gasteiger partial charge on any atom is 0.244 e. The van der Waals surface area contributed by atoms with Crippen LogP contribution in [0.1, 0.15) is 6.42 Å². The molecule has 0 amide bonds. The molecule has 1 atom stereocenters. The van der Waals surface area contributed by atoms with Crippen LogP contribution in [-0.4, -0.2) is 43.0 Å². The molecular formula is C9H14ClNO2. The zero-order chi connectivity index (χ0) is 9.68. The molecule has 0 saturated carbocycles. The average Bonchev–Trinajstić information content (AvgIpc) is 2.55. The summed E-state index contributed by atoms with van der Waals surface area (Å²) in [6.45, 7) is 2.37. The summed E-state index contributed by atoms with van der Waals surface area (Å²) in [6.07, 6.45) is 4.22. The van der Waals surface area contributed by atoms with Gasteiger partial charge in [-0.2, -0.15) is 0 Å². The number of hydrogen-bond donors (Lipinski definition) is 0. The molecule has 0 aromatic carbocycles. The molecule has 1 heterocycles. The lowest BCUT2D eigenvalue weighted by molar-refractivity contribution is -0.107. The Bertz CT molecular complexity index is 200. The van der Waals surface area contributed by atoms with Gasteiger partial charge >= 0.3 is 0 Å². The first-order valence-corrected chi connectivity index (χ1v) is 4.72. The van der Waals surface area contributed by atoms with Gasteiger partial charge in [-0.05, 0) is 31.1 Å². The van der Waals surface area contributed by atoms with Crippen molar-refractivity contribution in [3.63, 3.8) is 0 Å². The van der Waals surface area contributed by atoms with Crippen LogP contribution in [0.25, 0.3) is 0 Å². The number of nitrogens with zero attached hydrogens (tertiary/aromatic N) is 1. The number of allylic oxidation sites excluding steroid dienone is 1. The first kappa shape index (κ1) is 10.7. The van der Waals surface area contributed by atoms with E-state index in [9.17, 15) is 4.79 Å². The van der Waals surface area contributed by atoms with E-state index >= 15 is 0 Å². The Morgan fingerprint density at radius 1 is 1.77 bits per heavy atom. The molecule has 1 aliphatic rings. The topological polar surface area (TPSA) is 29.5 Å². The molecule has 1 rings (SSSR count). The monoisotopic (exact) mass is 203 g/mol. The smallest absolute Gasteiger partial charge is 0.244 e. The molecule has 0 unspecified atom stereocenters. The quantitative estimate of drug-likeness (QED) is 0.505. The number of carbonyl (C=O) groups excluding carboxylic acids is 1. The van der Waals surface area contributed by atoms with Gasteiger partial charge in [-0.15, -0.1) is 0 Å². The molecule has 1 saturated heterocycles. The number of rotatable bonds is 4. The van der Waals surface area contributed by atoms with Crippen molar-refractivity contribution < 1.29 is 9.53 Å². The summed E-state index contributed by atoms with van der Waals surface area (Å²) in [5.74, 6) is 0. The molecule has 13 heavy (non-hydrogen) atoms. The first-order chi connectivity index (χ1) is 6.20. The van der Waals surface area contributed by atoms with E-state index in [0.29, 0.717) is 6.04 Å². The van der Waals surface area contributed by atoms with Crippen molar-refractivity contribution in [2.45, 2.75) is 12.5 Å². The zero-order valence-corrected chi connectivity index (χ0v) is 8.46. The first-order valence-electron chi connectivity index (χ1n) is 4.34. The van der Waals surface area contributed by atoms with Crippen molar-refractivity contribution in [3.05, 3.63) is 12.2 Å². The van der Waals surface area contributed by atoms with E-state index < -0.39 is 5.24 Å². The van der Waals surface area contributed by atoms with E-state index in [1.54, 1.807) is 6.08 Å². The average molecular weight is 204 g/mol. The molecule has 0 bridgehead atoms. The van der Waals surface area contributed by atoms with E-state index in [4.69, 9.17) is 16.3 Å². The molecule has 0 aliphatic carbocycles. The van der Waals surface area contributed by atoms with Crippen LogP contribution in [0.4, 0.5) is 0 Å². The fourth-order valence-electron chi connectivity index (χ4n) is 1.33. The van der Waals surface area contributed by atoms with Gasteiger partial charge < -0.3 is 4.74 Å². The van der Waals surface area contributed by atoms with Crippen LogP contribution >= 0.6 is 11.6 Å². The summed E-state index contributed by atoms with van der Waals surface area (Å²) in [4.78, 5) is 12.5. The van der Waals surface area contributed by atoms with Gasteiger partial charge in [0.2, 0.25) is 5.24 Å². The van der Waals surface area contributed by atoms with Crippen molar-refractivity contribution >= 4 is 16.8 Å². The van der Waals surface area contributed by atoms with E-state index in [0.717, 1.165) is 26.2 Å². The van der Waals surface area contributed by atoms with Crippen molar-refractivity contribution in [3.8, 4) is 0 Å². The van der Waals surface area contributed by atoms with Crippen molar-refractivity contribution in [2.24, 2.45) is 0 Å². The Hall–Kier alpha value is -0.380. The van der Waals surface area contributed by atoms with Gasteiger partial charge in [-0.3, -0.25) is 9.69 Å². The minimum atomic E-state index is -0.420. The fraction of sp³-hybridized carbons (Fsp3) is 0.667. The Labute approximate surface area is 83.3 Å². The SMILES string of the molecule is CN(C/C=C/C(=O)Cl)[C@H]1CCOC1. The third-order valence-electron chi connectivity index (χ3n) is 2.17. The minimum absolute atomic E-state index is 0.420. The van der Waals surface area contributed by atoms with Crippen LogP contribution < -0.4 is 0 Å². The highest BCUT2D eigenvalue weighted by molar-refractivity contribution is 6.66. The van der Waals surface area contributed by atoms with Crippen LogP contribution in [0.5, 0.6) is 0 Å². The lowest BCUT2D eigenvalue weighted by Crippen LogP contribution is -2.31. The van der Waals surface area contributed by atoms with Crippen LogP contribution in [0.3, 0.4) is 0 Å². The summed E-state index contributed by atoms with van der Waals surface area (Å²) in [6, 6.07) is 0.482. The molecule has 0 aromatic rings. The Balaban J connectivity index is 2.23. The van der Waals surface area contributed by atoms with Gasteiger partial charge in [-0.25, -0.2) is 0 Å². The second-order valence-corrected chi connectivity index (χ2v) is 3.54. The van der Waals surface area contributed by atoms with Gasteiger partial charge in [0, 0.05) is 19.2 Å². The highest BCUT2D eigenvalue weighted by Crippen LogP contribution is 2.09. The van der Waals surface area contributed by atoms with Crippen molar-refractivity contribution in [2.75, 3.05) is 26.8 Å². The predicted octanol–water partition coefficient (Wildman–Crippen LogP) is 1.03. The maximum atomic E-state index is 10.4. The molecule has 4 heteroatoms. The van der Waals surface area contributed by atoms with E-state index in [2.05, 4.69) is 4.90 Å². The minimum Gasteiger partial charge on any atom is -0.380 e. The second-order valence-electron chi connectivity index (χ2n) is 3.16. The van der Waals surface area contributed by atoms with Gasteiger partial charge in [0.05, 0.1) is 6.61 Å². The second kappa shape index (κ2) is 5.37. The normalized spacial score (nSPS) is 23.2. The number of ether oxygens (including phenoxy) is 1. The summed E-state index contributed by atoms with van der Waals surface area (Å²) in [7, 11) is 2.02. The van der Waals surface area contributed by atoms with Gasteiger partial charge in [0.1, 0.15) is 0 Å². The van der Waals surface area contributed by atoms with Crippen molar-refractivity contribution in [1.29, 1.82) is 0 Å². The number of likely N-dealkylation sites (N-methyl/N-ethyl adjacent to an activating group) is 1. The Morgan fingerprint density at radius 2 is 2.54 bits per heavy atom. The number of halogens is 1. The number of carbonyl (C=O) groups is 1. The summed E-state index contributed by atoms with van der Waals surface area (Å²) in [5.41, 5.74) is 0. The molecule has 3 nitrogen and oxygen atoms in total. The molecule has 1 fully saturated rings.